The van der Waals surface area contributed by atoms with E-state index in [1.165, 1.54) is 4.90 Å². The Hall–Kier alpha value is -1.30. The molecule has 0 aliphatic carbocycles. The van der Waals surface area contributed by atoms with Crippen LogP contribution in [0.15, 0.2) is 18.2 Å². The Morgan fingerprint density at radius 3 is 2.59 bits per heavy atom. The van der Waals surface area contributed by atoms with Crippen molar-refractivity contribution < 1.29 is 14.7 Å². The van der Waals surface area contributed by atoms with Gasteiger partial charge in [-0.2, -0.15) is 0 Å². The van der Waals surface area contributed by atoms with Gasteiger partial charge in [-0.15, -0.1) is 0 Å². The van der Waals surface area contributed by atoms with Crippen LogP contribution in [0.25, 0.3) is 0 Å². The first-order valence-electron chi connectivity index (χ1n) is 7.11. The summed E-state index contributed by atoms with van der Waals surface area (Å²) in [5, 5.41) is 12.6. The summed E-state index contributed by atoms with van der Waals surface area (Å²) in [7, 11) is 0. The summed E-state index contributed by atoms with van der Waals surface area (Å²) in [6.45, 7) is 2.27. The summed E-state index contributed by atoms with van der Waals surface area (Å²) < 4.78 is 0. The Labute approximate surface area is 139 Å². The molecule has 2 unspecified atom stereocenters. The number of carbonyl (C=O) groups is 2. The first-order chi connectivity index (χ1) is 10.4. The number of hydrogen-bond acceptors (Lipinski definition) is 3. The lowest BCUT2D eigenvalue weighted by molar-refractivity contribution is -0.125. The molecule has 1 saturated heterocycles. The van der Waals surface area contributed by atoms with Gasteiger partial charge in [0.15, 0.2) is 0 Å². The fourth-order valence-electron chi connectivity index (χ4n) is 2.49. The van der Waals surface area contributed by atoms with Crippen molar-refractivity contribution in [2.45, 2.75) is 31.9 Å². The molecule has 120 valence electrons. The van der Waals surface area contributed by atoms with Crippen molar-refractivity contribution in [2.75, 3.05) is 13.1 Å². The average Bonchev–Trinajstić information content (AvgIpc) is 2.92. The van der Waals surface area contributed by atoms with Crippen LogP contribution in [-0.4, -0.2) is 47.1 Å². The number of amides is 2. The standard InChI is InChI=1S/C15H18Cl2N2O3/c1-9(20)8-18-14(21)13-3-2-4-19(13)15(22)10-5-11(16)7-12(17)6-10/h5-7,9,13,20H,2-4,8H2,1H3,(H,18,21). The van der Waals surface area contributed by atoms with Crippen molar-refractivity contribution in [1.29, 1.82) is 0 Å². The molecule has 1 aromatic rings. The van der Waals surface area contributed by atoms with E-state index in [-0.39, 0.29) is 18.4 Å². The van der Waals surface area contributed by atoms with Gasteiger partial charge >= 0.3 is 0 Å². The Morgan fingerprint density at radius 1 is 1.36 bits per heavy atom. The highest BCUT2D eigenvalue weighted by atomic mass is 35.5. The summed E-state index contributed by atoms with van der Waals surface area (Å²) in [5.41, 5.74) is 0.368. The predicted octanol–water partition coefficient (Wildman–Crippen LogP) is 2.10. The number of likely N-dealkylation sites (tertiary alicyclic amines) is 1. The van der Waals surface area contributed by atoms with Crippen molar-refractivity contribution in [3.63, 3.8) is 0 Å². The van der Waals surface area contributed by atoms with E-state index in [0.717, 1.165) is 6.42 Å². The minimum atomic E-state index is -0.624. The maximum absolute atomic E-state index is 12.6. The fourth-order valence-corrected chi connectivity index (χ4v) is 3.02. The Balaban J connectivity index is 2.12. The molecule has 1 heterocycles. The second-order valence-corrected chi connectivity index (χ2v) is 6.28. The van der Waals surface area contributed by atoms with E-state index >= 15 is 0 Å². The van der Waals surface area contributed by atoms with Crippen LogP contribution in [0.3, 0.4) is 0 Å². The van der Waals surface area contributed by atoms with E-state index in [2.05, 4.69) is 5.32 Å². The highest BCUT2D eigenvalue weighted by Crippen LogP contribution is 2.24. The number of aliphatic hydroxyl groups excluding tert-OH is 1. The molecule has 7 heteroatoms. The average molecular weight is 345 g/mol. The van der Waals surface area contributed by atoms with Gasteiger partial charge in [-0.3, -0.25) is 9.59 Å². The normalized spacial score (nSPS) is 19.1. The van der Waals surface area contributed by atoms with Gasteiger partial charge in [0.1, 0.15) is 6.04 Å². The molecule has 0 aromatic heterocycles. The lowest BCUT2D eigenvalue weighted by atomic mass is 10.1. The van der Waals surface area contributed by atoms with Gasteiger partial charge in [-0.05, 0) is 38.0 Å². The molecule has 0 spiro atoms. The van der Waals surface area contributed by atoms with Crippen molar-refractivity contribution in [3.8, 4) is 0 Å². The molecule has 5 nitrogen and oxygen atoms in total. The van der Waals surface area contributed by atoms with Crippen LogP contribution in [-0.2, 0) is 4.79 Å². The number of carbonyl (C=O) groups excluding carboxylic acids is 2. The van der Waals surface area contributed by atoms with E-state index in [1.807, 2.05) is 0 Å². The predicted molar refractivity (Wildman–Crippen MR) is 85.2 cm³/mol. The number of nitrogens with zero attached hydrogens (tertiary/aromatic N) is 1. The first kappa shape index (κ1) is 17.1. The maximum atomic E-state index is 12.6. The molecule has 0 radical (unpaired) electrons. The van der Waals surface area contributed by atoms with Crippen LogP contribution in [0.4, 0.5) is 0 Å². The van der Waals surface area contributed by atoms with Crippen molar-refractivity contribution in [2.24, 2.45) is 0 Å². The summed E-state index contributed by atoms with van der Waals surface area (Å²) >= 11 is 11.8. The Kier molecular flexibility index (Phi) is 5.67. The lowest BCUT2D eigenvalue weighted by Gasteiger charge is -2.24. The minimum Gasteiger partial charge on any atom is -0.392 e. The molecule has 1 aliphatic rings. The second-order valence-electron chi connectivity index (χ2n) is 5.41. The van der Waals surface area contributed by atoms with Gasteiger partial charge < -0.3 is 15.3 Å². The molecule has 1 aromatic carbocycles. The smallest absolute Gasteiger partial charge is 0.254 e. The van der Waals surface area contributed by atoms with Gasteiger partial charge in [0.2, 0.25) is 5.91 Å². The quantitative estimate of drug-likeness (QED) is 0.878. The molecule has 0 saturated carbocycles. The van der Waals surface area contributed by atoms with Crippen LogP contribution in [0.2, 0.25) is 10.0 Å². The summed E-state index contributed by atoms with van der Waals surface area (Å²) in [5.74, 6) is -0.515. The van der Waals surface area contributed by atoms with Crippen LogP contribution in [0, 0.1) is 0 Å². The molecule has 1 fully saturated rings. The van der Waals surface area contributed by atoms with E-state index in [4.69, 9.17) is 23.2 Å². The lowest BCUT2D eigenvalue weighted by Crippen LogP contribution is -2.47. The fraction of sp³-hybridized carbons (Fsp3) is 0.467. The van der Waals surface area contributed by atoms with Gasteiger partial charge in [-0.25, -0.2) is 0 Å². The molecular formula is C15H18Cl2N2O3. The number of halogens is 2. The maximum Gasteiger partial charge on any atom is 0.254 e. The van der Waals surface area contributed by atoms with Gasteiger partial charge in [0.05, 0.1) is 6.10 Å². The zero-order valence-corrected chi connectivity index (χ0v) is 13.7. The van der Waals surface area contributed by atoms with Crippen LogP contribution >= 0.6 is 23.2 Å². The molecule has 2 N–H and O–H groups in total. The molecule has 1 aliphatic heterocycles. The van der Waals surface area contributed by atoms with Crippen molar-refractivity contribution in [1.82, 2.24) is 10.2 Å². The topological polar surface area (TPSA) is 69.6 Å². The summed E-state index contributed by atoms with van der Waals surface area (Å²) in [6.07, 6.45) is 0.736. The van der Waals surface area contributed by atoms with Crippen molar-refractivity contribution in [3.05, 3.63) is 33.8 Å². The molecule has 22 heavy (non-hydrogen) atoms. The Bertz CT molecular complexity index is 558. The highest BCUT2D eigenvalue weighted by Gasteiger charge is 2.34. The van der Waals surface area contributed by atoms with Crippen LogP contribution in [0.5, 0.6) is 0 Å². The van der Waals surface area contributed by atoms with E-state index < -0.39 is 12.1 Å². The molecule has 2 amide bonds. The molecule has 2 rings (SSSR count). The zero-order valence-electron chi connectivity index (χ0n) is 12.2. The first-order valence-corrected chi connectivity index (χ1v) is 7.87. The van der Waals surface area contributed by atoms with E-state index in [1.54, 1.807) is 25.1 Å². The van der Waals surface area contributed by atoms with E-state index in [0.29, 0.717) is 28.6 Å². The monoisotopic (exact) mass is 344 g/mol. The molecular weight excluding hydrogens is 327 g/mol. The molecule has 0 bridgehead atoms. The number of benzene rings is 1. The van der Waals surface area contributed by atoms with Crippen LogP contribution < -0.4 is 5.32 Å². The highest BCUT2D eigenvalue weighted by molar-refractivity contribution is 6.35. The van der Waals surface area contributed by atoms with Gasteiger partial charge in [0.25, 0.3) is 5.91 Å². The van der Waals surface area contributed by atoms with E-state index in [9.17, 15) is 14.7 Å². The minimum absolute atomic E-state index is 0.167. The SMILES string of the molecule is CC(O)CNC(=O)C1CCCN1C(=O)c1cc(Cl)cc(Cl)c1. The second kappa shape index (κ2) is 7.31. The number of aliphatic hydroxyl groups is 1. The molecule has 2 atom stereocenters. The number of hydrogen-bond donors (Lipinski definition) is 2. The van der Waals surface area contributed by atoms with Gasteiger partial charge in [0, 0.05) is 28.7 Å². The van der Waals surface area contributed by atoms with Crippen molar-refractivity contribution >= 4 is 35.0 Å². The van der Waals surface area contributed by atoms with Gasteiger partial charge in [-0.1, -0.05) is 23.2 Å². The zero-order chi connectivity index (χ0) is 16.3. The number of rotatable bonds is 4. The third-order valence-electron chi connectivity index (χ3n) is 3.50. The third kappa shape index (κ3) is 4.12. The largest absolute Gasteiger partial charge is 0.392 e. The van der Waals surface area contributed by atoms with Crippen LogP contribution in [0.1, 0.15) is 30.1 Å². The number of nitrogens with one attached hydrogen (secondary N) is 1. The summed E-state index contributed by atoms with van der Waals surface area (Å²) in [4.78, 5) is 26.3. The summed E-state index contributed by atoms with van der Waals surface area (Å²) in [6, 6.07) is 4.11. The Morgan fingerprint density at radius 2 is 2.00 bits per heavy atom. The third-order valence-corrected chi connectivity index (χ3v) is 3.93.